The summed E-state index contributed by atoms with van der Waals surface area (Å²) in [6.45, 7) is -2.80. The molecule has 0 N–H and O–H groups in total. The van der Waals surface area contributed by atoms with Crippen LogP contribution in [0.5, 0.6) is 0 Å². The Labute approximate surface area is 196 Å². The van der Waals surface area contributed by atoms with E-state index >= 15 is 0 Å². The highest BCUT2D eigenvalue weighted by Crippen LogP contribution is 2.46. The van der Waals surface area contributed by atoms with Crippen LogP contribution in [0.3, 0.4) is 0 Å². The van der Waals surface area contributed by atoms with Gasteiger partial charge in [0, 0.05) is 4.90 Å². The predicted octanol–water partition coefficient (Wildman–Crippen LogP) is 4.05. The predicted molar refractivity (Wildman–Crippen MR) is 138 cm³/mol. The van der Waals surface area contributed by atoms with Gasteiger partial charge in [0.25, 0.3) is 0 Å². The first-order valence-corrected chi connectivity index (χ1v) is 13.6. The largest absolute Gasteiger partial charge is 0.292 e. The van der Waals surface area contributed by atoms with Crippen molar-refractivity contribution < 1.29 is 9.00 Å². The molecule has 33 heavy (non-hydrogen) atoms. The van der Waals surface area contributed by atoms with Gasteiger partial charge in [-0.1, -0.05) is 109 Å². The fourth-order valence-electron chi connectivity index (χ4n) is 3.96. The fraction of sp³-hybridized carbons (Fsp3) is 0.0357. The molecule has 5 heteroatoms. The van der Waals surface area contributed by atoms with E-state index in [9.17, 15) is 14.3 Å². The molecule has 0 aromatic heterocycles. The summed E-state index contributed by atoms with van der Waals surface area (Å²) in [7, 11) is -1.54. The van der Waals surface area contributed by atoms with Gasteiger partial charge in [0.15, 0.2) is 5.78 Å². The molecule has 0 aliphatic carbocycles. The minimum Gasteiger partial charge on any atom is -0.292 e. The first kappa shape index (κ1) is 22.7. The van der Waals surface area contributed by atoms with E-state index in [1.807, 2.05) is 97.1 Å². The van der Waals surface area contributed by atoms with Crippen molar-refractivity contribution in [2.24, 2.45) is 0 Å². The van der Waals surface area contributed by atoms with Crippen molar-refractivity contribution in [3.8, 4) is 6.07 Å². The van der Waals surface area contributed by atoms with Gasteiger partial charge in [-0.15, -0.1) is 0 Å². The van der Waals surface area contributed by atoms with E-state index in [0.29, 0.717) is 4.90 Å². The highest BCUT2D eigenvalue weighted by molar-refractivity contribution is 7.97. The molecule has 0 amide bonds. The van der Waals surface area contributed by atoms with Crippen LogP contribution in [-0.4, -0.2) is 21.0 Å². The third-order valence-electron chi connectivity index (χ3n) is 5.40. The third kappa shape index (κ3) is 4.52. The lowest BCUT2D eigenvalue weighted by molar-refractivity contribution is -0.110. The lowest BCUT2D eigenvalue weighted by Gasteiger charge is -2.30. The summed E-state index contributed by atoms with van der Waals surface area (Å²) in [5.41, 5.74) is 0. The summed E-state index contributed by atoms with van der Waals surface area (Å²) in [6.07, 6.45) is 0. The van der Waals surface area contributed by atoms with Gasteiger partial charge in [0.2, 0.25) is 0 Å². The lowest BCUT2D eigenvalue weighted by atomic mass is 10.3. The monoisotopic (exact) mass is 467 g/mol. The van der Waals surface area contributed by atoms with Crippen LogP contribution in [-0.2, 0) is 15.6 Å². The number of hydrogen-bond acceptors (Lipinski definition) is 3. The number of rotatable bonds is 7. The Morgan fingerprint density at radius 3 is 1.39 bits per heavy atom. The molecule has 1 atom stereocenters. The first-order chi connectivity index (χ1) is 16.2. The van der Waals surface area contributed by atoms with Crippen molar-refractivity contribution in [1.29, 1.82) is 5.26 Å². The van der Waals surface area contributed by atoms with Crippen LogP contribution in [0.4, 0.5) is 0 Å². The molecule has 0 aliphatic rings. The number of benzene rings is 4. The van der Waals surface area contributed by atoms with Gasteiger partial charge in [0.05, 0.1) is 16.6 Å². The van der Waals surface area contributed by atoms with Crippen molar-refractivity contribution in [1.82, 2.24) is 0 Å². The molecule has 4 aromatic rings. The number of nitrogens with zero attached hydrogens (tertiary/aromatic N) is 1. The normalized spacial score (nSPS) is 11.8. The van der Waals surface area contributed by atoms with Gasteiger partial charge in [-0.3, -0.25) is 9.00 Å². The lowest BCUT2D eigenvalue weighted by Crippen LogP contribution is -2.34. The van der Waals surface area contributed by atoms with Crippen LogP contribution >= 0.6 is 6.89 Å². The number of ketones is 1. The van der Waals surface area contributed by atoms with E-state index in [1.54, 1.807) is 24.3 Å². The second-order valence-electron chi connectivity index (χ2n) is 7.36. The molecule has 0 saturated heterocycles. The second kappa shape index (κ2) is 10.4. The summed E-state index contributed by atoms with van der Waals surface area (Å²) in [4.78, 5) is 14.3. The molecule has 0 fully saturated rings. The fourth-order valence-corrected chi connectivity index (χ4v) is 9.20. The molecule has 0 aliphatic heterocycles. The second-order valence-corrected chi connectivity index (χ2v) is 12.2. The van der Waals surface area contributed by atoms with Crippen LogP contribution in [0, 0.1) is 11.3 Å². The maximum Gasteiger partial charge on any atom is 0.187 e. The van der Waals surface area contributed by atoms with E-state index < -0.39 is 17.7 Å². The van der Waals surface area contributed by atoms with E-state index in [0.717, 1.165) is 15.9 Å². The number of carbonyl (C=O) groups excluding carboxylic acids is 1. The van der Waals surface area contributed by atoms with Gasteiger partial charge in [-0.05, 0) is 34.9 Å². The Kier molecular flexibility index (Phi) is 7.15. The maximum atomic E-state index is 13.7. The minimum atomic E-state index is -2.80. The molecule has 0 saturated carbocycles. The van der Waals surface area contributed by atoms with Crippen LogP contribution in [0.15, 0.2) is 126 Å². The average molecular weight is 468 g/mol. The minimum absolute atomic E-state index is 0.162. The van der Waals surface area contributed by atoms with Crippen molar-refractivity contribution in [2.75, 3.05) is 5.75 Å². The van der Waals surface area contributed by atoms with Crippen molar-refractivity contribution >= 4 is 44.7 Å². The summed E-state index contributed by atoms with van der Waals surface area (Å²) in [5.74, 6) is -0.620. The quantitative estimate of drug-likeness (QED) is 0.385. The summed E-state index contributed by atoms with van der Waals surface area (Å²) >= 11 is 0. The van der Waals surface area contributed by atoms with Crippen LogP contribution in [0.1, 0.15) is 0 Å². The highest BCUT2D eigenvalue weighted by atomic mass is 32.2. The Bertz CT molecular complexity index is 1260. The van der Waals surface area contributed by atoms with E-state index in [4.69, 9.17) is 0 Å². The molecule has 4 rings (SSSR count). The van der Waals surface area contributed by atoms with Gasteiger partial charge >= 0.3 is 0 Å². The summed E-state index contributed by atoms with van der Waals surface area (Å²) < 4.78 is 13.0. The molecule has 0 radical (unpaired) electrons. The Balaban J connectivity index is 2.03. The van der Waals surface area contributed by atoms with Gasteiger partial charge in [-0.25, -0.2) is 0 Å². The van der Waals surface area contributed by atoms with E-state index in [-0.39, 0.29) is 16.8 Å². The molecule has 1 unspecified atom stereocenters. The SMILES string of the molecule is N#CC(C(=O)CS(=O)c1ccccc1)=P(c1ccccc1)(c1ccccc1)c1ccccc1. The number of carbonyl (C=O) groups is 1. The summed E-state index contributed by atoms with van der Waals surface area (Å²) in [6, 6.07) is 40.4. The first-order valence-electron chi connectivity index (χ1n) is 10.5. The zero-order chi connectivity index (χ0) is 23.1. The van der Waals surface area contributed by atoms with Crippen LogP contribution in [0.2, 0.25) is 0 Å². The summed E-state index contributed by atoms with van der Waals surface area (Å²) in [5, 5.41) is 13.3. The van der Waals surface area contributed by atoms with Crippen LogP contribution in [0.25, 0.3) is 0 Å². The topological polar surface area (TPSA) is 57.9 Å². The van der Waals surface area contributed by atoms with Gasteiger partial charge in [-0.2, -0.15) is 5.26 Å². The molecular formula is C28H22NO2PS. The van der Waals surface area contributed by atoms with Crippen molar-refractivity contribution in [3.63, 3.8) is 0 Å². The third-order valence-corrected chi connectivity index (χ3v) is 11.0. The molecule has 3 nitrogen and oxygen atoms in total. The number of nitriles is 1. The smallest absolute Gasteiger partial charge is 0.187 e. The van der Waals surface area contributed by atoms with E-state index in [2.05, 4.69) is 6.07 Å². The molecule has 0 bridgehead atoms. The average Bonchev–Trinajstić information content (AvgIpc) is 2.89. The van der Waals surface area contributed by atoms with E-state index in [1.165, 1.54) is 0 Å². The van der Waals surface area contributed by atoms with Gasteiger partial charge in [0.1, 0.15) is 11.4 Å². The van der Waals surface area contributed by atoms with Crippen LogP contribution < -0.4 is 15.9 Å². The molecule has 0 heterocycles. The van der Waals surface area contributed by atoms with Gasteiger partial charge < -0.3 is 0 Å². The zero-order valence-corrected chi connectivity index (χ0v) is 19.6. The Hall–Kier alpha value is -3.51. The standard InChI is InChI=1S/C28H22NO2PS/c29-21-28(27(30)22-33(31)26-19-11-4-12-20-26)32(23-13-5-1-6-14-23,24-15-7-2-8-16-24)25-17-9-3-10-18-25/h1-20H,22H2. The molecule has 0 spiro atoms. The molecule has 162 valence electrons. The Morgan fingerprint density at radius 1 is 0.667 bits per heavy atom. The maximum absolute atomic E-state index is 13.7. The number of hydrogen-bond donors (Lipinski definition) is 0. The Morgan fingerprint density at radius 2 is 1.03 bits per heavy atom. The van der Waals surface area contributed by atoms with Crippen molar-refractivity contribution in [3.05, 3.63) is 121 Å². The molecular weight excluding hydrogens is 445 g/mol. The molecule has 4 aromatic carbocycles. The zero-order valence-electron chi connectivity index (χ0n) is 17.9. The van der Waals surface area contributed by atoms with Crippen molar-refractivity contribution in [2.45, 2.75) is 4.90 Å². The number of Topliss-reactive ketones (excluding diaryl/α,β-unsaturated/α-hetero) is 1. The highest BCUT2D eigenvalue weighted by Gasteiger charge is 2.33.